The molecule has 0 saturated carbocycles. The van der Waals surface area contributed by atoms with Gasteiger partial charge in [0.1, 0.15) is 5.75 Å². The lowest BCUT2D eigenvalue weighted by Gasteiger charge is -1.98. The molecule has 0 saturated heterocycles. The van der Waals surface area contributed by atoms with Gasteiger partial charge in [-0.25, -0.2) is 4.79 Å². The van der Waals surface area contributed by atoms with Crippen molar-refractivity contribution < 1.29 is 9.15 Å². The third kappa shape index (κ3) is 1.93. The maximum absolute atomic E-state index is 11.5. The SMILES string of the molecule is COc1ccc2c(c1)oc(=O)n2CC#CI. The van der Waals surface area contributed by atoms with Crippen LogP contribution in [0.15, 0.2) is 27.4 Å². The van der Waals surface area contributed by atoms with Gasteiger partial charge in [0.2, 0.25) is 0 Å². The fourth-order valence-corrected chi connectivity index (χ4v) is 1.60. The van der Waals surface area contributed by atoms with Gasteiger partial charge >= 0.3 is 5.76 Å². The maximum atomic E-state index is 11.5. The molecule has 0 N–H and O–H groups in total. The summed E-state index contributed by atoms with van der Waals surface area (Å²) in [6, 6.07) is 5.25. The average Bonchev–Trinajstić information content (AvgIpc) is 2.61. The molecule has 0 spiro atoms. The minimum Gasteiger partial charge on any atom is -0.497 e. The summed E-state index contributed by atoms with van der Waals surface area (Å²) in [6.45, 7) is 0.334. The van der Waals surface area contributed by atoms with E-state index in [0.29, 0.717) is 17.9 Å². The number of ether oxygens (including phenoxy) is 1. The fraction of sp³-hybridized carbons (Fsp3) is 0.182. The Bertz CT molecular complexity index is 630. The molecule has 0 fully saturated rings. The lowest BCUT2D eigenvalue weighted by molar-refractivity contribution is 0.414. The summed E-state index contributed by atoms with van der Waals surface area (Å²) in [5.74, 6) is 3.08. The fourth-order valence-electron chi connectivity index (χ4n) is 1.43. The van der Waals surface area contributed by atoms with Crippen LogP contribution in [-0.4, -0.2) is 11.7 Å². The van der Waals surface area contributed by atoms with Gasteiger partial charge in [-0.3, -0.25) is 4.57 Å². The van der Waals surface area contributed by atoms with Crippen LogP contribution in [-0.2, 0) is 6.54 Å². The topological polar surface area (TPSA) is 44.4 Å². The summed E-state index contributed by atoms with van der Waals surface area (Å²) in [6.07, 6.45) is 0. The largest absolute Gasteiger partial charge is 0.497 e. The predicted molar refractivity (Wildman–Crippen MR) is 68.8 cm³/mol. The molecule has 0 atom stereocenters. The van der Waals surface area contributed by atoms with Crippen molar-refractivity contribution >= 4 is 33.7 Å². The Kier molecular flexibility index (Phi) is 3.19. The van der Waals surface area contributed by atoms with E-state index < -0.39 is 5.76 Å². The molecule has 0 aliphatic carbocycles. The Balaban J connectivity index is 2.60. The molecule has 0 unspecified atom stereocenters. The number of halogens is 1. The molecule has 2 aromatic rings. The van der Waals surface area contributed by atoms with E-state index in [4.69, 9.17) is 9.15 Å². The lowest BCUT2D eigenvalue weighted by atomic mass is 10.3. The molecule has 0 bridgehead atoms. The van der Waals surface area contributed by atoms with Crippen molar-refractivity contribution in [1.29, 1.82) is 0 Å². The Hall–Kier alpha value is -1.42. The summed E-state index contributed by atoms with van der Waals surface area (Å²) in [7, 11) is 1.57. The zero-order valence-corrected chi connectivity index (χ0v) is 10.6. The van der Waals surface area contributed by atoms with Crippen molar-refractivity contribution in [3.63, 3.8) is 0 Å². The van der Waals surface area contributed by atoms with Crippen molar-refractivity contribution in [1.82, 2.24) is 4.57 Å². The summed E-state index contributed by atoms with van der Waals surface area (Å²) in [5.41, 5.74) is 1.24. The molecule has 4 nitrogen and oxygen atoms in total. The van der Waals surface area contributed by atoms with Crippen LogP contribution in [0.4, 0.5) is 0 Å². The van der Waals surface area contributed by atoms with Crippen LogP contribution in [0.2, 0.25) is 0 Å². The second-order valence-electron chi connectivity index (χ2n) is 3.06. The Morgan fingerprint density at radius 3 is 3.06 bits per heavy atom. The molecule has 0 aliphatic rings. The third-order valence-corrected chi connectivity index (χ3v) is 2.56. The van der Waals surface area contributed by atoms with Gasteiger partial charge in [-0.05, 0) is 16.1 Å². The molecule has 1 heterocycles. The van der Waals surface area contributed by atoms with Gasteiger partial charge in [0.05, 0.1) is 19.2 Å². The van der Waals surface area contributed by atoms with Gasteiger partial charge in [0, 0.05) is 28.7 Å². The van der Waals surface area contributed by atoms with Crippen LogP contribution in [0, 0.1) is 9.85 Å². The zero-order valence-electron chi connectivity index (χ0n) is 8.49. The monoisotopic (exact) mass is 329 g/mol. The van der Waals surface area contributed by atoms with Crippen LogP contribution < -0.4 is 10.5 Å². The molecule has 1 aromatic carbocycles. The molecule has 5 heteroatoms. The molecular formula is C11H8INO3. The van der Waals surface area contributed by atoms with Crippen LogP contribution in [0.3, 0.4) is 0 Å². The average molecular weight is 329 g/mol. The molecule has 0 amide bonds. The van der Waals surface area contributed by atoms with Gasteiger partial charge in [-0.2, -0.15) is 0 Å². The van der Waals surface area contributed by atoms with E-state index in [0.717, 1.165) is 5.52 Å². The number of rotatable bonds is 2. The highest BCUT2D eigenvalue weighted by atomic mass is 127. The minimum absolute atomic E-state index is 0.334. The minimum atomic E-state index is -0.401. The molecule has 2 rings (SSSR count). The Morgan fingerprint density at radius 1 is 1.56 bits per heavy atom. The van der Waals surface area contributed by atoms with Gasteiger partial charge in [-0.1, -0.05) is 5.92 Å². The third-order valence-electron chi connectivity index (χ3n) is 2.18. The number of aromatic nitrogens is 1. The van der Waals surface area contributed by atoms with E-state index in [1.165, 1.54) is 4.57 Å². The van der Waals surface area contributed by atoms with E-state index in [1.807, 2.05) is 22.6 Å². The number of benzene rings is 1. The Morgan fingerprint density at radius 2 is 2.38 bits per heavy atom. The van der Waals surface area contributed by atoms with E-state index in [-0.39, 0.29) is 0 Å². The number of fused-ring (bicyclic) bond motifs is 1. The van der Waals surface area contributed by atoms with Crippen LogP contribution in [0.25, 0.3) is 11.1 Å². The molecule has 0 aliphatic heterocycles. The van der Waals surface area contributed by atoms with Crippen molar-refractivity contribution in [2.24, 2.45) is 0 Å². The number of hydrogen-bond acceptors (Lipinski definition) is 3. The molecule has 1 aromatic heterocycles. The highest BCUT2D eigenvalue weighted by Crippen LogP contribution is 2.19. The second-order valence-corrected chi connectivity index (χ2v) is 3.60. The highest BCUT2D eigenvalue weighted by molar-refractivity contribution is 14.1. The van der Waals surface area contributed by atoms with E-state index in [2.05, 4.69) is 9.85 Å². The maximum Gasteiger partial charge on any atom is 0.420 e. The van der Waals surface area contributed by atoms with Gasteiger partial charge in [0.25, 0.3) is 0 Å². The zero-order chi connectivity index (χ0) is 11.5. The van der Waals surface area contributed by atoms with Crippen LogP contribution in [0.1, 0.15) is 0 Å². The van der Waals surface area contributed by atoms with Gasteiger partial charge < -0.3 is 9.15 Å². The van der Waals surface area contributed by atoms with Crippen molar-refractivity contribution in [3.05, 3.63) is 28.7 Å². The van der Waals surface area contributed by atoms with E-state index >= 15 is 0 Å². The number of hydrogen-bond donors (Lipinski definition) is 0. The standard InChI is InChI=1S/C11H8INO3/c1-15-8-3-4-9-10(7-8)16-11(14)13(9)6-2-5-12/h3-4,7H,6H2,1H3. The second kappa shape index (κ2) is 4.61. The van der Waals surface area contributed by atoms with Crippen molar-refractivity contribution in [2.75, 3.05) is 7.11 Å². The number of oxazole rings is 1. The lowest BCUT2D eigenvalue weighted by Crippen LogP contribution is -2.12. The first-order valence-corrected chi connectivity index (χ1v) is 5.60. The summed E-state index contributed by atoms with van der Waals surface area (Å²) < 4.78 is 14.3. The first-order valence-electron chi connectivity index (χ1n) is 4.52. The normalized spacial score (nSPS) is 9.88. The van der Waals surface area contributed by atoms with Gasteiger partial charge in [-0.15, -0.1) is 0 Å². The first kappa shape index (κ1) is 11.1. The summed E-state index contributed by atoms with van der Waals surface area (Å²) >= 11 is 1.93. The molecule has 82 valence electrons. The predicted octanol–water partition coefficient (Wildman–Crippen LogP) is 2.00. The smallest absolute Gasteiger partial charge is 0.420 e. The molecule has 16 heavy (non-hydrogen) atoms. The van der Waals surface area contributed by atoms with Crippen LogP contribution in [0.5, 0.6) is 5.75 Å². The van der Waals surface area contributed by atoms with Crippen LogP contribution >= 0.6 is 22.6 Å². The Labute approximate surface area is 105 Å². The molecular weight excluding hydrogens is 321 g/mol. The summed E-state index contributed by atoms with van der Waals surface area (Å²) in [5, 5.41) is 0. The van der Waals surface area contributed by atoms with E-state index in [9.17, 15) is 4.79 Å². The van der Waals surface area contributed by atoms with Gasteiger partial charge in [0.15, 0.2) is 5.58 Å². The summed E-state index contributed by atoms with van der Waals surface area (Å²) in [4.78, 5) is 11.5. The number of methoxy groups -OCH3 is 1. The van der Waals surface area contributed by atoms with E-state index in [1.54, 1.807) is 25.3 Å². The number of nitrogens with zero attached hydrogens (tertiary/aromatic N) is 1. The van der Waals surface area contributed by atoms with Crippen molar-refractivity contribution in [2.45, 2.75) is 6.54 Å². The highest BCUT2D eigenvalue weighted by Gasteiger charge is 2.08. The quantitative estimate of drug-likeness (QED) is 0.625. The molecule has 0 radical (unpaired) electrons. The van der Waals surface area contributed by atoms with Crippen molar-refractivity contribution in [3.8, 4) is 15.6 Å². The first-order chi connectivity index (χ1) is 7.76.